The standard InChI is InChI=1S/C15H21ClN4S/c1-3-11-7-12-13(18-15(16)19-14(12)21-11)17-8-10-5-4-6-20(2)9-10/h7,10H,3-6,8-9H2,1-2H3,(H,17,18,19). The highest BCUT2D eigenvalue weighted by molar-refractivity contribution is 7.18. The molecule has 6 heteroatoms. The molecule has 21 heavy (non-hydrogen) atoms. The van der Waals surface area contributed by atoms with E-state index in [4.69, 9.17) is 11.6 Å². The van der Waals surface area contributed by atoms with Crippen LogP contribution in [0.2, 0.25) is 5.28 Å². The Kier molecular flexibility index (Phi) is 4.62. The lowest BCUT2D eigenvalue weighted by molar-refractivity contribution is 0.217. The molecule has 0 amide bonds. The van der Waals surface area contributed by atoms with E-state index in [2.05, 4.69) is 40.2 Å². The second-order valence-corrected chi connectivity index (χ2v) is 7.23. The van der Waals surface area contributed by atoms with Gasteiger partial charge in [0.15, 0.2) is 0 Å². The van der Waals surface area contributed by atoms with Crippen LogP contribution in [0.5, 0.6) is 0 Å². The van der Waals surface area contributed by atoms with Gasteiger partial charge in [0.05, 0.1) is 5.39 Å². The molecule has 0 aromatic carbocycles. The summed E-state index contributed by atoms with van der Waals surface area (Å²) in [5, 5.41) is 4.93. The van der Waals surface area contributed by atoms with Crippen molar-refractivity contribution in [3.05, 3.63) is 16.2 Å². The van der Waals surface area contributed by atoms with Crippen LogP contribution in [0.3, 0.4) is 0 Å². The Morgan fingerprint density at radius 1 is 1.48 bits per heavy atom. The van der Waals surface area contributed by atoms with Gasteiger partial charge < -0.3 is 10.2 Å². The molecule has 0 saturated carbocycles. The SMILES string of the molecule is CCc1cc2c(NCC3CCCN(C)C3)nc(Cl)nc2s1. The van der Waals surface area contributed by atoms with Gasteiger partial charge in [0.25, 0.3) is 0 Å². The number of rotatable bonds is 4. The van der Waals surface area contributed by atoms with Gasteiger partial charge in [-0.25, -0.2) is 9.97 Å². The number of nitrogens with zero attached hydrogens (tertiary/aromatic N) is 3. The van der Waals surface area contributed by atoms with Crippen LogP contribution < -0.4 is 5.32 Å². The zero-order valence-electron chi connectivity index (χ0n) is 12.5. The Labute approximate surface area is 134 Å². The van der Waals surface area contributed by atoms with Crippen molar-refractivity contribution in [1.29, 1.82) is 0 Å². The third kappa shape index (κ3) is 3.47. The van der Waals surface area contributed by atoms with E-state index in [9.17, 15) is 0 Å². The quantitative estimate of drug-likeness (QED) is 0.871. The minimum absolute atomic E-state index is 0.329. The maximum absolute atomic E-state index is 6.06. The highest BCUT2D eigenvalue weighted by Gasteiger charge is 2.18. The molecule has 1 aliphatic heterocycles. The second kappa shape index (κ2) is 6.46. The monoisotopic (exact) mass is 324 g/mol. The van der Waals surface area contributed by atoms with Crippen LogP contribution in [-0.4, -0.2) is 41.5 Å². The molecule has 4 nitrogen and oxygen atoms in total. The molecule has 1 fully saturated rings. The lowest BCUT2D eigenvalue weighted by atomic mass is 9.98. The molecule has 0 aliphatic carbocycles. The largest absolute Gasteiger partial charge is 0.369 e. The van der Waals surface area contributed by atoms with Crippen molar-refractivity contribution in [3.8, 4) is 0 Å². The molecule has 1 aliphatic rings. The van der Waals surface area contributed by atoms with E-state index < -0.39 is 0 Å². The Hall–Kier alpha value is -0.910. The van der Waals surface area contributed by atoms with Gasteiger partial charge in [-0.1, -0.05) is 6.92 Å². The Morgan fingerprint density at radius 2 is 2.33 bits per heavy atom. The first kappa shape index (κ1) is 15.0. The number of nitrogens with one attached hydrogen (secondary N) is 1. The second-order valence-electron chi connectivity index (χ2n) is 5.78. The van der Waals surface area contributed by atoms with Crippen LogP contribution in [-0.2, 0) is 6.42 Å². The van der Waals surface area contributed by atoms with Crippen molar-refractivity contribution >= 4 is 39.0 Å². The number of hydrogen-bond donors (Lipinski definition) is 1. The number of hydrogen-bond acceptors (Lipinski definition) is 5. The average molecular weight is 325 g/mol. The number of halogens is 1. The molecule has 2 aromatic rings. The highest BCUT2D eigenvalue weighted by atomic mass is 35.5. The molecule has 114 valence electrons. The zero-order valence-corrected chi connectivity index (χ0v) is 14.1. The van der Waals surface area contributed by atoms with E-state index in [0.717, 1.165) is 35.5 Å². The molecule has 1 unspecified atom stereocenters. The first-order chi connectivity index (χ1) is 10.2. The lowest BCUT2D eigenvalue weighted by Gasteiger charge is -2.29. The van der Waals surface area contributed by atoms with Gasteiger partial charge in [-0.2, -0.15) is 0 Å². The summed E-state index contributed by atoms with van der Waals surface area (Å²) in [6, 6.07) is 2.19. The van der Waals surface area contributed by atoms with E-state index in [0.29, 0.717) is 11.2 Å². The molecule has 0 bridgehead atoms. The van der Waals surface area contributed by atoms with Gasteiger partial charge in [0, 0.05) is 18.0 Å². The smallest absolute Gasteiger partial charge is 0.225 e. The molecule has 0 radical (unpaired) electrons. The molecule has 3 rings (SSSR count). The van der Waals surface area contributed by atoms with Gasteiger partial charge in [0.1, 0.15) is 10.6 Å². The van der Waals surface area contributed by atoms with Crippen LogP contribution in [0.4, 0.5) is 5.82 Å². The van der Waals surface area contributed by atoms with Crippen molar-refractivity contribution in [2.75, 3.05) is 32.0 Å². The number of aryl methyl sites for hydroxylation is 1. The summed E-state index contributed by atoms with van der Waals surface area (Å²) in [4.78, 5) is 13.4. The summed E-state index contributed by atoms with van der Waals surface area (Å²) >= 11 is 7.76. The maximum Gasteiger partial charge on any atom is 0.225 e. The molecule has 1 atom stereocenters. The predicted octanol–water partition coefficient (Wildman–Crippen LogP) is 3.66. The summed E-state index contributed by atoms with van der Waals surface area (Å²) in [6.07, 6.45) is 3.58. The summed E-state index contributed by atoms with van der Waals surface area (Å²) in [6.45, 7) is 5.47. The van der Waals surface area contributed by atoms with Gasteiger partial charge >= 0.3 is 0 Å². The van der Waals surface area contributed by atoms with E-state index >= 15 is 0 Å². The van der Waals surface area contributed by atoms with Crippen LogP contribution in [0.25, 0.3) is 10.2 Å². The Balaban J connectivity index is 1.77. The van der Waals surface area contributed by atoms with E-state index in [1.807, 2.05) is 0 Å². The first-order valence-corrected chi connectivity index (χ1v) is 8.73. The lowest BCUT2D eigenvalue weighted by Crippen LogP contribution is -2.35. The maximum atomic E-state index is 6.06. The van der Waals surface area contributed by atoms with Crippen LogP contribution >= 0.6 is 22.9 Å². The van der Waals surface area contributed by atoms with Gasteiger partial charge in [-0.3, -0.25) is 0 Å². The van der Waals surface area contributed by atoms with Gasteiger partial charge in [0.2, 0.25) is 5.28 Å². The van der Waals surface area contributed by atoms with Crippen molar-refractivity contribution < 1.29 is 0 Å². The Morgan fingerprint density at radius 3 is 3.10 bits per heavy atom. The number of aromatic nitrogens is 2. The van der Waals surface area contributed by atoms with Crippen LogP contribution in [0.1, 0.15) is 24.6 Å². The minimum Gasteiger partial charge on any atom is -0.369 e. The number of fused-ring (bicyclic) bond motifs is 1. The van der Waals surface area contributed by atoms with Crippen LogP contribution in [0, 0.1) is 5.92 Å². The van der Waals surface area contributed by atoms with Crippen molar-refractivity contribution in [3.63, 3.8) is 0 Å². The number of likely N-dealkylation sites (tertiary alicyclic amines) is 1. The summed E-state index contributed by atoms with van der Waals surface area (Å²) in [5.41, 5.74) is 0. The molecule has 2 aromatic heterocycles. The normalized spacial score (nSPS) is 20.0. The fraction of sp³-hybridized carbons (Fsp3) is 0.600. The summed E-state index contributed by atoms with van der Waals surface area (Å²) < 4.78 is 0. The molecule has 1 saturated heterocycles. The Bertz CT molecular complexity index is 627. The molecule has 3 heterocycles. The number of anilines is 1. The van der Waals surface area contributed by atoms with E-state index in [1.165, 1.54) is 24.3 Å². The third-order valence-electron chi connectivity index (χ3n) is 4.05. The van der Waals surface area contributed by atoms with Crippen molar-refractivity contribution in [1.82, 2.24) is 14.9 Å². The van der Waals surface area contributed by atoms with Gasteiger partial charge in [-0.15, -0.1) is 11.3 Å². The number of piperidine rings is 1. The topological polar surface area (TPSA) is 41.0 Å². The van der Waals surface area contributed by atoms with E-state index in [-0.39, 0.29) is 0 Å². The summed E-state index contributed by atoms with van der Waals surface area (Å²) in [5.74, 6) is 1.56. The first-order valence-electron chi connectivity index (χ1n) is 7.54. The predicted molar refractivity (Wildman–Crippen MR) is 90.5 cm³/mol. The average Bonchev–Trinajstić information content (AvgIpc) is 2.87. The summed E-state index contributed by atoms with van der Waals surface area (Å²) in [7, 11) is 2.19. The molecule has 1 N–H and O–H groups in total. The zero-order chi connectivity index (χ0) is 14.8. The molecule has 0 spiro atoms. The molecular weight excluding hydrogens is 304 g/mol. The fourth-order valence-electron chi connectivity index (χ4n) is 2.94. The van der Waals surface area contributed by atoms with Crippen LogP contribution in [0.15, 0.2) is 6.07 Å². The highest BCUT2D eigenvalue weighted by Crippen LogP contribution is 2.30. The van der Waals surface area contributed by atoms with Crippen molar-refractivity contribution in [2.45, 2.75) is 26.2 Å². The van der Waals surface area contributed by atoms with E-state index in [1.54, 1.807) is 11.3 Å². The van der Waals surface area contributed by atoms with Gasteiger partial charge in [-0.05, 0) is 56.4 Å². The number of thiophene rings is 1. The molecular formula is C15H21ClN4S. The third-order valence-corrected chi connectivity index (χ3v) is 5.39. The minimum atomic E-state index is 0.329. The fourth-order valence-corrected chi connectivity index (χ4v) is 4.12. The van der Waals surface area contributed by atoms with Crippen molar-refractivity contribution in [2.24, 2.45) is 5.92 Å².